The highest BCUT2D eigenvalue weighted by molar-refractivity contribution is 8.13. The molecule has 1 aliphatic rings. The second-order valence-electron chi connectivity index (χ2n) is 5.80. The van der Waals surface area contributed by atoms with Gasteiger partial charge in [-0.2, -0.15) is 0 Å². The first-order valence-corrected chi connectivity index (χ1v) is 8.47. The second kappa shape index (κ2) is 5.44. The van der Waals surface area contributed by atoms with Crippen LogP contribution in [0, 0.1) is 0 Å². The van der Waals surface area contributed by atoms with Gasteiger partial charge in [0.15, 0.2) is 0 Å². The number of nitrogens with zero attached hydrogens (tertiary/aromatic N) is 1. The summed E-state index contributed by atoms with van der Waals surface area (Å²) < 4.78 is 41.2. The number of carbonyl (C=O) groups is 1. The molecule has 0 radical (unpaired) electrons. The van der Waals surface area contributed by atoms with E-state index in [0.717, 1.165) is 0 Å². The van der Waals surface area contributed by atoms with Gasteiger partial charge >= 0.3 is 6.09 Å². The highest BCUT2D eigenvalue weighted by Gasteiger charge is 2.40. The summed E-state index contributed by atoms with van der Waals surface area (Å²) in [6.45, 7) is 5.48. The summed E-state index contributed by atoms with van der Waals surface area (Å²) in [5.74, 6) is -0.719. The molecule has 0 aliphatic carbocycles. The Morgan fingerprint density at radius 1 is 1.37 bits per heavy atom. The van der Waals surface area contributed by atoms with Gasteiger partial charge in [0.05, 0.1) is 5.75 Å². The number of hydrogen-bond donors (Lipinski definition) is 0. The zero-order valence-corrected chi connectivity index (χ0v) is 12.9. The topological polar surface area (TPSA) is 63.7 Å². The van der Waals surface area contributed by atoms with Crippen LogP contribution in [0.25, 0.3) is 0 Å². The van der Waals surface area contributed by atoms with E-state index in [1.807, 2.05) is 0 Å². The maximum absolute atomic E-state index is 14.2. The summed E-state index contributed by atoms with van der Waals surface area (Å²) in [6.07, 6.45) is -0.626. The zero-order chi connectivity index (χ0) is 14.9. The Bertz CT molecular complexity index is 438. The number of alkyl halides is 1. The van der Waals surface area contributed by atoms with E-state index in [9.17, 15) is 17.6 Å². The van der Waals surface area contributed by atoms with Crippen molar-refractivity contribution in [1.82, 2.24) is 4.90 Å². The number of likely N-dealkylation sites (tertiary alicyclic amines) is 1. The third-order valence-corrected chi connectivity index (χ3v) is 3.93. The van der Waals surface area contributed by atoms with Gasteiger partial charge in [-0.05, 0) is 20.8 Å². The number of piperidine rings is 1. The van der Waals surface area contributed by atoms with Crippen LogP contribution in [-0.2, 0) is 13.8 Å². The maximum atomic E-state index is 14.2. The summed E-state index contributed by atoms with van der Waals surface area (Å²) in [5.41, 5.74) is -2.47. The summed E-state index contributed by atoms with van der Waals surface area (Å²) in [4.78, 5) is 13.1. The van der Waals surface area contributed by atoms with Gasteiger partial charge in [-0.25, -0.2) is 17.6 Å². The van der Waals surface area contributed by atoms with Crippen LogP contribution in [0.1, 0.15) is 33.6 Å². The van der Waals surface area contributed by atoms with Gasteiger partial charge in [0.1, 0.15) is 11.3 Å². The van der Waals surface area contributed by atoms with Gasteiger partial charge in [0.2, 0.25) is 9.05 Å². The van der Waals surface area contributed by atoms with E-state index in [0.29, 0.717) is 0 Å². The van der Waals surface area contributed by atoms with E-state index in [-0.39, 0.29) is 25.9 Å². The normalized spacial score (nSPS) is 20.2. The van der Waals surface area contributed by atoms with E-state index in [1.54, 1.807) is 20.8 Å². The van der Waals surface area contributed by atoms with Gasteiger partial charge in [-0.1, -0.05) is 0 Å². The Morgan fingerprint density at radius 3 is 2.21 bits per heavy atom. The van der Waals surface area contributed by atoms with Crippen molar-refractivity contribution >= 4 is 25.8 Å². The fourth-order valence-electron chi connectivity index (χ4n) is 1.87. The number of amides is 1. The first-order valence-electron chi connectivity index (χ1n) is 5.99. The monoisotopic (exact) mass is 315 g/mol. The maximum Gasteiger partial charge on any atom is 0.410 e. The van der Waals surface area contributed by atoms with Crippen molar-refractivity contribution in [1.29, 1.82) is 0 Å². The van der Waals surface area contributed by atoms with Gasteiger partial charge < -0.3 is 9.64 Å². The van der Waals surface area contributed by atoms with Crippen LogP contribution in [0.4, 0.5) is 9.18 Å². The Morgan fingerprint density at radius 2 is 1.84 bits per heavy atom. The molecule has 0 bridgehead atoms. The average molecular weight is 316 g/mol. The van der Waals surface area contributed by atoms with Crippen molar-refractivity contribution in [2.75, 3.05) is 18.8 Å². The van der Waals surface area contributed by atoms with Crippen molar-refractivity contribution in [3.05, 3.63) is 0 Å². The summed E-state index contributed by atoms with van der Waals surface area (Å²) in [5, 5.41) is 0. The van der Waals surface area contributed by atoms with Gasteiger partial charge in [0, 0.05) is 36.6 Å². The van der Waals surface area contributed by atoms with Crippen LogP contribution in [-0.4, -0.2) is 49.5 Å². The van der Waals surface area contributed by atoms with Crippen LogP contribution in [0.15, 0.2) is 0 Å². The molecule has 112 valence electrons. The minimum atomic E-state index is -3.89. The molecule has 1 aliphatic heterocycles. The highest BCUT2D eigenvalue weighted by atomic mass is 35.7. The lowest BCUT2D eigenvalue weighted by molar-refractivity contribution is 0.00738. The fourth-order valence-corrected chi connectivity index (χ4v) is 3.36. The quantitative estimate of drug-likeness (QED) is 0.733. The van der Waals surface area contributed by atoms with Crippen molar-refractivity contribution in [2.45, 2.75) is 44.9 Å². The zero-order valence-electron chi connectivity index (χ0n) is 11.3. The van der Waals surface area contributed by atoms with Crippen molar-refractivity contribution in [3.8, 4) is 0 Å². The molecular formula is C11H19ClFNO4S. The molecule has 1 heterocycles. The molecule has 1 fully saturated rings. The summed E-state index contributed by atoms with van der Waals surface area (Å²) in [6, 6.07) is 0. The first-order chi connectivity index (χ1) is 8.40. The second-order valence-corrected chi connectivity index (χ2v) is 8.58. The molecule has 0 N–H and O–H groups in total. The van der Waals surface area contributed by atoms with Crippen molar-refractivity contribution < 1.29 is 22.3 Å². The standard InChI is InChI=1S/C11H19ClFNO4S/c1-10(2,3)18-9(15)14-6-4-11(13,5-7-14)8-19(12,16)17/h4-8H2,1-3H3. The van der Waals surface area contributed by atoms with Crippen LogP contribution < -0.4 is 0 Å². The Balaban J connectivity index is 2.55. The lowest BCUT2D eigenvalue weighted by Gasteiger charge is -2.36. The van der Waals surface area contributed by atoms with E-state index in [4.69, 9.17) is 15.4 Å². The molecule has 1 amide bonds. The molecule has 1 rings (SSSR count). The third kappa shape index (κ3) is 5.95. The predicted molar refractivity (Wildman–Crippen MR) is 70.5 cm³/mol. The third-order valence-electron chi connectivity index (χ3n) is 2.74. The molecule has 0 saturated carbocycles. The number of ether oxygens (including phenoxy) is 1. The predicted octanol–water partition coefficient (Wildman–Crippen LogP) is 2.29. The van der Waals surface area contributed by atoms with E-state index >= 15 is 0 Å². The number of halogens is 2. The smallest absolute Gasteiger partial charge is 0.410 e. The van der Waals surface area contributed by atoms with Crippen LogP contribution in [0.3, 0.4) is 0 Å². The van der Waals surface area contributed by atoms with E-state index in [1.165, 1.54) is 4.90 Å². The number of carbonyl (C=O) groups excluding carboxylic acids is 1. The molecule has 8 heteroatoms. The van der Waals surface area contributed by atoms with E-state index < -0.39 is 32.2 Å². The van der Waals surface area contributed by atoms with Gasteiger partial charge in [-0.3, -0.25) is 0 Å². The number of hydrogen-bond acceptors (Lipinski definition) is 4. The minimum Gasteiger partial charge on any atom is -0.444 e. The first kappa shape index (κ1) is 16.5. The summed E-state index contributed by atoms with van der Waals surface area (Å²) >= 11 is 0. The van der Waals surface area contributed by atoms with Crippen molar-refractivity contribution in [2.24, 2.45) is 0 Å². The molecule has 0 aromatic carbocycles. The molecule has 0 atom stereocenters. The van der Waals surface area contributed by atoms with E-state index in [2.05, 4.69) is 0 Å². The lowest BCUT2D eigenvalue weighted by Crippen LogP contribution is -2.48. The van der Waals surface area contributed by atoms with Crippen LogP contribution in [0.5, 0.6) is 0 Å². The summed E-state index contributed by atoms with van der Waals surface area (Å²) in [7, 11) is 1.18. The molecule has 0 spiro atoms. The molecule has 5 nitrogen and oxygen atoms in total. The molecule has 1 saturated heterocycles. The van der Waals surface area contributed by atoms with Crippen LogP contribution >= 0.6 is 10.7 Å². The molecular weight excluding hydrogens is 297 g/mol. The SMILES string of the molecule is CC(C)(C)OC(=O)N1CCC(F)(CS(=O)(=O)Cl)CC1. The highest BCUT2D eigenvalue weighted by Crippen LogP contribution is 2.29. The van der Waals surface area contributed by atoms with Crippen molar-refractivity contribution in [3.63, 3.8) is 0 Å². The lowest BCUT2D eigenvalue weighted by atomic mass is 9.96. The Hall–Kier alpha value is -0.560. The Labute approximate surface area is 117 Å². The van der Waals surface area contributed by atoms with Gasteiger partial charge in [0.25, 0.3) is 0 Å². The molecule has 0 aromatic rings. The van der Waals surface area contributed by atoms with Crippen LogP contribution in [0.2, 0.25) is 0 Å². The molecule has 0 aromatic heterocycles. The minimum absolute atomic E-state index is 0.0573. The average Bonchev–Trinajstić information content (AvgIpc) is 2.11. The fraction of sp³-hybridized carbons (Fsp3) is 0.909. The largest absolute Gasteiger partial charge is 0.444 e. The van der Waals surface area contributed by atoms with Gasteiger partial charge in [-0.15, -0.1) is 0 Å². The molecule has 0 unspecified atom stereocenters. The molecule has 19 heavy (non-hydrogen) atoms. The number of rotatable bonds is 2. The Kier molecular flexibility index (Phi) is 4.72.